The van der Waals surface area contributed by atoms with Gasteiger partial charge >= 0.3 is 0 Å². The highest BCUT2D eigenvalue weighted by Gasteiger charge is 2.30. The largest absolute Gasteiger partial charge is 0.370 e. The molecule has 1 aromatic carbocycles. The van der Waals surface area contributed by atoms with Gasteiger partial charge in [-0.1, -0.05) is 17.7 Å². The Kier molecular flexibility index (Phi) is 4.49. The first-order chi connectivity index (χ1) is 9.79. The van der Waals surface area contributed by atoms with Gasteiger partial charge in [-0.25, -0.2) is 0 Å². The topological polar surface area (TPSA) is 18.5 Å². The molecule has 0 bridgehead atoms. The van der Waals surface area contributed by atoms with Crippen molar-refractivity contribution in [1.29, 1.82) is 0 Å². The van der Waals surface area contributed by atoms with E-state index in [9.17, 15) is 0 Å². The Morgan fingerprint density at radius 1 is 1.25 bits per heavy atom. The lowest BCUT2D eigenvalue weighted by molar-refractivity contribution is 0.260. The SMILES string of the molecule is CNCc1c(Cl)cccc1N1CCC(N2CCCC2)C1. The van der Waals surface area contributed by atoms with Gasteiger partial charge in [0.05, 0.1) is 0 Å². The standard InChI is InChI=1S/C16H24ClN3/c1-18-11-14-15(17)5-4-6-16(14)20-10-7-13(12-20)19-8-2-3-9-19/h4-6,13,18H,2-3,7-12H2,1H3. The van der Waals surface area contributed by atoms with Crippen molar-refractivity contribution >= 4 is 17.3 Å². The van der Waals surface area contributed by atoms with Gasteiger partial charge in [0.25, 0.3) is 0 Å². The zero-order chi connectivity index (χ0) is 13.9. The molecule has 4 heteroatoms. The third kappa shape index (κ3) is 2.80. The zero-order valence-electron chi connectivity index (χ0n) is 12.2. The molecule has 1 aromatic rings. The van der Waals surface area contributed by atoms with Crippen molar-refractivity contribution in [3.05, 3.63) is 28.8 Å². The third-order valence-corrected chi connectivity index (χ3v) is 4.96. The van der Waals surface area contributed by atoms with Crippen LogP contribution in [0.1, 0.15) is 24.8 Å². The molecule has 2 aliphatic heterocycles. The summed E-state index contributed by atoms with van der Waals surface area (Å²) in [5.41, 5.74) is 2.55. The first-order valence-electron chi connectivity index (χ1n) is 7.70. The molecule has 110 valence electrons. The zero-order valence-corrected chi connectivity index (χ0v) is 13.0. The molecular weight excluding hydrogens is 270 g/mol. The van der Waals surface area contributed by atoms with Crippen LogP contribution in [-0.4, -0.2) is 44.2 Å². The van der Waals surface area contributed by atoms with Gasteiger partial charge in [-0.05, 0) is 51.5 Å². The van der Waals surface area contributed by atoms with E-state index in [-0.39, 0.29) is 0 Å². The molecule has 2 fully saturated rings. The van der Waals surface area contributed by atoms with E-state index in [1.165, 1.54) is 43.6 Å². The van der Waals surface area contributed by atoms with Crippen LogP contribution < -0.4 is 10.2 Å². The van der Waals surface area contributed by atoms with Crippen LogP contribution in [0.3, 0.4) is 0 Å². The van der Waals surface area contributed by atoms with E-state index in [0.29, 0.717) is 0 Å². The van der Waals surface area contributed by atoms with Gasteiger partial charge in [-0.2, -0.15) is 0 Å². The van der Waals surface area contributed by atoms with Crippen molar-refractivity contribution in [2.24, 2.45) is 0 Å². The minimum atomic E-state index is 0.735. The maximum atomic E-state index is 6.37. The highest BCUT2D eigenvalue weighted by molar-refractivity contribution is 6.31. The van der Waals surface area contributed by atoms with Crippen molar-refractivity contribution in [3.63, 3.8) is 0 Å². The van der Waals surface area contributed by atoms with Gasteiger partial charge in [-0.15, -0.1) is 0 Å². The highest BCUT2D eigenvalue weighted by atomic mass is 35.5. The molecule has 0 aliphatic carbocycles. The molecule has 3 nitrogen and oxygen atoms in total. The van der Waals surface area contributed by atoms with Crippen LogP contribution in [0.5, 0.6) is 0 Å². The van der Waals surface area contributed by atoms with Gasteiger partial charge < -0.3 is 10.2 Å². The van der Waals surface area contributed by atoms with E-state index in [0.717, 1.165) is 30.7 Å². The number of benzene rings is 1. The van der Waals surface area contributed by atoms with E-state index in [1.54, 1.807) is 0 Å². The second-order valence-corrected chi connectivity index (χ2v) is 6.31. The van der Waals surface area contributed by atoms with Crippen LogP contribution in [0.25, 0.3) is 0 Å². The van der Waals surface area contributed by atoms with Gasteiger partial charge in [0.2, 0.25) is 0 Å². The minimum absolute atomic E-state index is 0.735. The van der Waals surface area contributed by atoms with E-state index in [2.05, 4.69) is 27.2 Å². The summed E-state index contributed by atoms with van der Waals surface area (Å²) in [4.78, 5) is 5.18. The molecule has 1 N–H and O–H groups in total. The maximum absolute atomic E-state index is 6.37. The molecule has 20 heavy (non-hydrogen) atoms. The Bertz CT molecular complexity index is 457. The van der Waals surface area contributed by atoms with Gasteiger partial charge in [-0.3, -0.25) is 4.90 Å². The Hall–Kier alpha value is -0.770. The molecule has 0 spiro atoms. The Balaban J connectivity index is 1.75. The molecule has 2 saturated heterocycles. The van der Waals surface area contributed by atoms with Crippen molar-refractivity contribution in [3.8, 4) is 0 Å². The number of rotatable bonds is 4. The first-order valence-corrected chi connectivity index (χ1v) is 8.08. The second-order valence-electron chi connectivity index (χ2n) is 5.90. The highest BCUT2D eigenvalue weighted by Crippen LogP contribution is 2.31. The summed E-state index contributed by atoms with van der Waals surface area (Å²) in [6.45, 7) is 5.71. The van der Waals surface area contributed by atoms with Gasteiger partial charge in [0.15, 0.2) is 0 Å². The number of likely N-dealkylation sites (tertiary alicyclic amines) is 1. The van der Waals surface area contributed by atoms with Gasteiger partial charge in [0.1, 0.15) is 0 Å². The quantitative estimate of drug-likeness (QED) is 0.921. The fourth-order valence-corrected chi connectivity index (χ4v) is 3.80. The van der Waals surface area contributed by atoms with Crippen molar-refractivity contribution in [2.45, 2.75) is 31.8 Å². The average Bonchev–Trinajstić information content (AvgIpc) is 3.11. The van der Waals surface area contributed by atoms with E-state index in [4.69, 9.17) is 11.6 Å². The number of hydrogen-bond acceptors (Lipinski definition) is 3. The van der Waals surface area contributed by atoms with E-state index in [1.807, 2.05) is 13.1 Å². The molecule has 3 rings (SSSR count). The summed E-state index contributed by atoms with van der Waals surface area (Å²) in [7, 11) is 1.98. The average molecular weight is 294 g/mol. The lowest BCUT2D eigenvalue weighted by Crippen LogP contribution is -2.35. The molecule has 0 saturated carbocycles. The smallest absolute Gasteiger partial charge is 0.0471 e. The van der Waals surface area contributed by atoms with E-state index < -0.39 is 0 Å². The van der Waals surface area contributed by atoms with Crippen LogP contribution in [0.15, 0.2) is 18.2 Å². The number of anilines is 1. The number of nitrogens with one attached hydrogen (secondary N) is 1. The summed E-state index contributed by atoms with van der Waals surface area (Å²) in [6, 6.07) is 7.01. The molecule has 2 aliphatic rings. The van der Waals surface area contributed by atoms with E-state index >= 15 is 0 Å². The molecule has 1 atom stereocenters. The predicted octanol–water partition coefficient (Wildman–Crippen LogP) is 2.73. The number of hydrogen-bond donors (Lipinski definition) is 1. The molecule has 0 amide bonds. The predicted molar refractivity (Wildman–Crippen MR) is 85.6 cm³/mol. The first kappa shape index (κ1) is 14.2. The van der Waals surface area contributed by atoms with Crippen molar-refractivity contribution in [1.82, 2.24) is 10.2 Å². The summed E-state index contributed by atoms with van der Waals surface area (Å²) < 4.78 is 0. The molecule has 0 aromatic heterocycles. The van der Waals surface area contributed by atoms with Crippen LogP contribution in [0, 0.1) is 0 Å². The minimum Gasteiger partial charge on any atom is -0.370 e. The molecule has 1 unspecified atom stereocenters. The molecule has 0 radical (unpaired) electrons. The third-order valence-electron chi connectivity index (χ3n) is 4.61. The summed E-state index contributed by atoms with van der Waals surface area (Å²) in [5.74, 6) is 0. The van der Waals surface area contributed by atoms with Crippen LogP contribution in [0.4, 0.5) is 5.69 Å². The van der Waals surface area contributed by atoms with Crippen LogP contribution in [-0.2, 0) is 6.54 Å². The Morgan fingerprint density at radius 2 is 2.05 bits per heavy atom. The molecular formula is C16H24ClN3. The van der Waals surface area contributed by atoms with Crippen LogP contribution >= 0.6 is 11.6 Å². The summed E-state index contributed by atoms with van der Waals surface area (Å²) >= 11 is 6.37. The lowest BCUT2D eigenvalue weighted by Gasteiger charge is -2.26. The van der Waals surface area contributed by atoms with Gasteiger partial charge in [0, 0.05) is 41.9 Å². The second kappa shape index (κ2) is 6.33. The normalized spacial score (nSPS) is 23.7. The fraction of sp³-hybridized carbons (Fsp3) is 0.625. The lowest BCUT2D eigenvalue weighted by atomic mass is 10.1. The summed E-state index contributed by atoms with van der Waals surface area (Å²) in [5, 5.41) is 4.11. The van der Waals surface area contributed by atoms with Crippen molar-refractivity contribution in [2.75, 3.05) is 38.1 Å². The summed E-state index contributed by atoms with van der Waals surface area (Å²) in [6.07, 6.45) is 4.03. The monoisotopic (exact) mass is 293 g/mol. The number of nitrogens with zero attached hydrogens (tertiary/aromatic N) is 2. The fourth-order valence-electron chi connectivity index (χ4n) is 3.56. The van der Waals surface area contributed by atoms with Crippen molar-refractivity contribution < 1.29 is 0 Å². The number of halogens is 1. The Labute approximate surface area is 126 Å². The molecule has 2 heterocycles. The maximum Gasteiger partial charge on any atom is 0.0471 e. The van der Waals surface area contributed by atoms with Crippen LogP contribution in [0.2, 0.25) is 5.02 Å². The Morgan fingerprint density at radius 3 is 2.80 bits per heavy atom.